The van der Waals surface area contributed by atoms with Crippen molar-refractivity contribution in [1.29, 1.82) is 0 Å². The molecule has 0 aliphatic carbocycles. The first-order chi connectivity index (χ1) is 12.4. The molecule has 1 heterocycles. The summed E-state index contributed by atoms with van der Waals surface area (Å²) in [5.74, 6) is 0.447. The number of nitrogens with zero attached hydrogens (tertiary/aromatic N) is 1. The summed E-state index contributed by atoms with van der Waals surface area (Å²) in [7, 11) is 1.35. The zero-order valence-corrected chi connectivity index (χ0v) is 16.4. The zero-order valence-electron chi connectivity index (χ0n) is 15.5. The van der Waals surface area contributed by atoms with Crippen LogP contribution in [0.4, 0.5) is 5.13 Å². The molecule has 26 heavy (non-hydrogen) atoms. The molecule has 0 saturated heterocycles. The highest BCUT2D eigenvalue weighted by molar-refractivity contribution is 7.16. The Morgan fingerprint density at radius 1 is 1.19 bits per heavy atom. The van der Waals surface area contributed by atoms with Gasteiger partial charge in [0.1, 0.15) is 5.75 Å². The molecule has 0 spiro atoms. The van der Waals surface area contributed by atoms with E-state index >= 15 is 0 Å². The van der Waals surface area contributed by atoms with Crippen molar-refractivity contribution in [2.75, 3.05) is 19.0 Å². The van der Waals surface area contributed by atoms with Crippen molar-refractivity contribution in [2.24, 2.45) is 0 Å². The molecule has 2 rings (SSSR count). The van der Waals surface area contributed by atoms with Crippen molar-refractivity contribution in [3.63, 3.8) is 0 Å². The number of carbonyl (C=O) groups is 2. The van der Waals surface area contributed by atoms with E-state index in [0.717, 1.165) is 27.4 Å². The normalized spacial score (nSPS) is 10.5. The average Bonchev–Trinajstić information content (AvgIpc) is 2.92. The number of esters is 1. The summed E-state index contributed by atoms with van der Waals surface area (Å²) in [6.45, 7) is 6.30. The third-order valence-corrected chi connectivity index (χ3v) is 4.95. The molecule has 1 N–H and O–H groups in total. The van der Waals surface area contributed by atoms with Crippen LogP contribution in [0.25, 0.3) is 0 Å². The monoisotopic (exact) mass is 376 g/mol. The molecule has 0 saturated carbocycles. The van der Waals surface area contributed by atoms with Gasteiger partial charge in [-0.25, -0.2) is 4.98 Å². The summed E-state index contributed by atoms with van der Waals surface area (Å²) >= 11 is 1.30. The van der Waals surface area contributed by atoms with E-state index in [-0.39, 0.29) is 18.3 Å². The largest absolute Gasteiger partial charge is 0.493 e. The summed E-state index contributed by atoms with van der Waals surface area (Å²) in [5.41, 5.74) is 2.91. The summed E-state index contributed by atoms with van der Waals surface area (Å²) in [5, 5.41) is 3.28. The summed E-state index contributed by atoms with van der Waals surface area (Å²) in [4.78, 5) is 28.5. The van der Waals surface area contributed by atoms with Crippen LogP contribution in [0.3, 0.4) is 0 Å². The van der Waals surface area contributed by atoms with Crippen LogP contribution in [0.5, 0.6) is 5.75 Å². The second-order valence-electron chi connectivity index (χ2n) is 6.00. The van der Waals surface area contributed by atoms with Gasteiger partial charge in [-0.15, -0.1) is 11.3 Å². The lowest BCUT2D eigenvalue weighted by Crippen LogP contribution is -2.13. The SMILES string of the molecule is COC(=O)Cc1sc(NC(=O)CCCOc2c(C)cccc2C)nc1C. The number of para-hydroxylation sites is 1. The van der Waals surface area contributed by atoms with Crippen LogP contribution in [-0.2, 0) is 20.7 Å². The van der Waals surface area contributed by atoms with Gasteiger partial charge in [0.05, 0.1) is 25.8 Å². The highest BCUT2D eigenvalue weighted by atomic mass is 32.1. The molecular weight excluding hydrogens is 352 g/mol. The molecule has 0 radical (unpaired) electrons. The van der Waals surface area contributed by atoms with E-state index in [4.69, 9.17) is 4.74 Å². The van der Waals surface area contributed by atoms with E-state index in [1.165, 1.54) is 18.4 Å². The zero-order chi connectivity index (χ0) is 19.1. The number of methoxy groups -OCH3 is 1. The molecule has 0 atom stereocenters. The highest BCUT2D eigenvalue weighted by Gasteiger charge is 2.13. The topological polar surface area (TPSA) is 77.5 Å². The molecule has 0 aliphatic rings. The molecular formula is C19H24N2O4S. The maximum Gasteiger partial charge on any atom is 0.310 e. The fourth-order valence-electron chi connectivity index (χ4n) is 2.46. The lowest BCUT2D eigenvalue weighted by Gasteiger charge is -2.11. The fraction of sp³-hybridized carbons (Fsp3) is 0.421. The third kappa shape index (κ3) is 5.56. The molecule has 0 unspecified atom stereocenters. The Morgan fingerprint density at radius 3 is 2.54 bits per heavy atom. The van der Waals surface area contributed by atoms with E-state index in [1.54, 1.807) is 0 Å². The van der Waals surface area contributed by atoms with Gasteiger partial charge in [-0.05, 0) is 38.3 Å². The Kier molecular flexibility index (Phi) is 7.15. The van der Waals surface area contributed by atoms with Gasteiger partial charge in [0, 0.05) is 11.3 Å². The number of hydrogen-bond acceptors (Lipinski definition) is 6. The van der Waals surface area contributed by atoms with Gasteiger partial charge in [-0.1, -0.05) is 18.2 Å². The molecule has 0 aliphatic heterocycles. The molecule has 7 heteroatoms. The van der Waals surface area contributed by atoms with Crippen molar-refractivity contribution in [3.8, 4) is 5.75 Å². The van der Waals surface area contributed by atoms with E-state index in [1.807, 2.05) is 39.0 Å². The number of thiazole rings is 1. The number of aromatic nitrogens is 1. The second kappa shape index (κ2) is 9.33. The summed E-state index contributed by atoms with van der Waals surface area (Å²) in [6, 6.07) is 6.01. The molecule has 1 aromatic heterocycles. The van der Waals surface area contributed by atoms with Crippen molar-refractivity contribution >= 4 is 28.3 Å². The quantitative estimate of drug-likeness (QED) is 0.563. The first-order valence-electron chi connectivity index (χ1n) is 8.42. The number of aryl methyl sites for hydroxylation is 3. The second-order valence-corrected chi connectivity index (χ2v) is 7.09. The first-order valence-corrected chi connectivity index (χ1v) is 9.24. The first kappa shape index (κ1) is 19.9. The number of amides is 1. The molecule has 0 fully saturated rings. The van der Waals surface area contributed by atoms with Crippen molar-refractivity contribution in [1.82, 2.24) is 4.98 Å². The lowest BCUT2D eigenvalue weighted by molar-refractivity contribution is -0.139. The van der Waals surface area contributed by atoms with Crippen molar-refractivity contribution in [2.45, 2.75) is 40.0 Å². The van der Waals surface area contributed by atoms with Gasteiger partial charge in [-0.3, -0.25) is 9.59 Å². The number of nitrogens with one attached hydrogen (secondary N) is 1. The van der Waals surface area contributed by atoms with Crippen LogP contribution in [-0.4, -0.2) is 30.6 Å². The Hall–Kier alpha value is -2.41. The highest BCUT2D eigenvalue weighted by Crippen LogP contribution is 2.24. The number of rotatable bonds is 8. The fourth-order valence-corrected chi connectivity index (χ4v) is 3.43. The van der Waals surface area contributed by atoms with E-state index in [2.05, 4.69) is 15.0 Å². The van der Waals surface area contributed by atoms with Crippen LogP contribution in [0, 0.1) is 20.8 Å². The van der Waals surface area contributed by atoms with Crippen molar-refractivity contribution in [3.05, 3.63) is 39.9 Å². The Morgan fingerprint density at radius 2 is 1.88 bits per heavy atom. The van der Waals surface area contributed by atoms with E-state index in [0.29, 0.717) is 24.6 Å². The minimum atomic E-state index is -0.321. The minimum absolute atomic E-state index is 0.117. The number of benzene rings is 1. The number of carbonyl (C=O) groups excluding carboxylic acids is 2. The maximum absolute atomic E-state index is 12.1. The third-order valence-electron chi connectivity index (χ3n) is 3.87. The predicted molar refractivity (Wildman–Crippen MR) is 102 cm³/mol. The molecule has 6 nitrogen and oxygen atoms in total. The van der Waals surface area contributed by atoms with Crippen LogP contribution in [0.2, 0.25) is 0 Å². The molecule has 140 valence electrons. The van der Waals surface area contributed by atoms with Gasteiger partial charge < -0.3 is 14.8 Å². The van der Waals surface area contributed by atoms with E-state index < -0.39 is 0 Å². The Balaban J connectivity index is 1.79. The maximum atomic E-state index is 12.1. The van der Waals surface area contributed by atoms with Gasteiger partial charge in [0.25, 0.3) is 0 Å². The average molecular weight is 376 g/mol. The van der Waals surface area contributed by atoms with Crippen LogP contribution in [0.1, 0.15) is 34.5 Å². The van der Waals surface area contributed by atoms with Gasteiger partial charge >= 0.3 is 5.97 Å². The standard InChI is InChI=1S/C19H24N2O4S/c1-12-7-5-8-13(2)18(12)25-10-6-9-16(22)21-19-20-14(3)15(26-19)11-17(23)24-4/h5,7-8H,6,9-11H2,1-4H3,(H,20,21,22). The smallest absolute Gasteiger partial charge is 0.310 e. The van der Waals surface area contributed by atoms with Crippen LogP contribution in [0.15, 0.2) is 18.2 Å². The Labute approximate surface area is 157 Å². The lowest BCUT2D eigenvalue weighted by atomic mass is 10.1. The van der Waals surface area contributed by atoms with Gasteiger partial charge in [0.2, 0.25) is 5.91 Å². The summed E-state index contributed by atoms with van der Waals surface area (Å²) in [6.07, 6.45) is 1.12. The molecule has 1 aromatic carbocycles. The summed E-state index contributed by atoms with van der Waals surface area (Å²) < 4.78 is 10.5. The number of hydrogen-bond donors (Lipinski definition) is 1. The minimum Gasteiger partial charge on any atom is -0.493 e. The van der Waals surface area contributed by atoms with Crippen LogP contribution >= 0.6 is 11.3 Å². The van der Waals surface area contributed by atoms with Crippen molar-refractivity contribution < 1.29 is 19.1 Å². The van der Waals surface area contributed by atoms with Crippen LogP contribution < -0.4 is 10.1 Å². The molecule has 0 bridgehead atoms. The molecule has 1 amide bonds. The number of ether oxygens (including phenoxy) is 2. The number of anilines is 1. The van der Waals surface area contributed by atoms with E-state index in [9.17, 15) is 9.59 Å². The molecule has 2 aromatic rings. The van der Waals surface area contributed by atoms with Gasteiger partial charge in [-0.2, -0.15) is 0 Å². The van der Waals surface area contributed by atoms with Gasteiger partial charge in [0.15, 0.2) is 5.13 Å². The Bertz CT molecular complexity index is 766. The predicted octanol–water partition coefficient (Wildman–Crippen LogP) is 3.58.